The average Bonchev–Trinajstić information content (AvgIpc) is 2.92. The van der Waals surface area contributed by atoms with Gasteiger partial charge in [-0.15, -0.1) is 0 Å². The average molecular weight is 487 g/mol. The molecule has 0 saturated heterocycles. The molecule has 0 spiro atoms. The maximum atomic E-state index is 14.0. The molecule has 3 aromatic rings. The number of carbonyl (C=O) groups is 2. The summed E-state index contributed by atoms with van der Waals surface area (Å²) in [6.07, 6.45) is 1.64. The zero-order valence-electron chi connectivity index (χ0n) is 21.8. The molecule has 2 atom stereocenters. The highest BCUT2D eigenvalue weighted by atomic mass is 16.5. The van der Waals surface area contributed by atoms with Gasteiger partial charge in [-0.25, -0.2) is 0 Å². The molecule has 0 aliphatic heterocycles. The highest BCUT2D eigenvalue weighted by Crippen LogP contribution is 2.30. The molecule has 5 nitrogen and oxygen atoms in total. The third-order valence-electron chi connectivity index (χ3n) is 6.68. The Labute approximate surface area is 215 Å². The van der Waals surface area contributed by atoms with Gasteiger partial charge in [0.1, 0.15) is 11.8 Å². The summed E-state index contributed by atoms with van der Waals surface area (Å²) >= 11 is 0. The molecular formula is C31H38N2O3. The van der Waals surface area contributed by atoms with Gasteiger partial charge in [0, 0.05) is 24.9 Å². The lowest BCUT2D eigenvalue weighted by Gasteiger charge is -2.33. The SMILES string of the molecule is CC[C@@H](C)NC(=O)[C@@H](CC)N(Cc1ccc(OC)cc1)C(=O)CC(c1ccccc1)c1ccccc1. The van der Waals surface area contributed by atoms with Crippen molar-refractivity contribution in [2.24, 2.45) is 0 Å². The van der Waals surface area contributed by atoms with Crippen LogP contribution in [0.25, 0.3) is 0 Å². The molecule has 3 rings (SSSR count). The number of nitrogens with zero attached hydrogens (tertiary/aromatic N) is 1. The third-order valence-corrected chi connectivity index (χ3v) is 6.68. The van der Waals surface area contributed by atoms with E-state index in [0.717, 1.165) is 28.9 Å². The van der Waals surface area contributed by atoms with Crippen molar-refractivity contribution in [3.8, 4) is 5.75 Å². The molecule has 3 aromatic carbocycles. The van der Waals surface area contributed by atoms with Crippen LogP contribution in [0.2, 0.25) is 0 Å². The fraction of sp³-hybridized carbons (Fsp3) is 0.355. The summed E-state index contributed by atoms with van der Waals surface area (Å²) in [6, 6.07) is 27.4. The summed E-state index contributed by atoms with van der Waals surface area (Å²) in [5, 5.41) is 3.08. The van der Waals surface area contributed by atoms with Crippen molar-refractivity contribution in [3.63, 3.8) is 0 Å². The van der Waals surface area contributed by atoms with E-state index in [2.05, 4.69) is 29.6 Å². The second kappa shape index (κ2) is 13.5. The number of ether oxygens (including phenoxy) is 1. The first kappa shape index (κ1) is 27.0. The van der Waals surface area contributed by atoms with Gasteiger partial charge < -0.3 is 15.0 Å². The molecule has 0 radical (unpaired) electrons. The Kier molecular flexibility index (Phi) is 10.1. The number of benzene rings is 3. The van der Waals surface area contributed by atoms with Crippen LogP contribution in [0.5, 0.6) is 5.75 Å². The molecule has 0 aliphatic rings. The van der Waals surface area contributed by atoms with E-state index in [1.165, 1.54) is 0 Å². The molecule has 36 heavy (non-hydrogen) atoms. The van der Waals surface area contributed by atoms with E-state index in [0.29, 0.717) is 13.0 Å². The first-order valence-electron chi connectivity index (χ1n) is 12.8. The molecular weight excluding hydrogens is 448 g/mol. The van der Waals surface area contributed by atoms with Crippen LogP contribution in [0.3, 0.4) is 0 Å². The van der Waals surface area contributed by atoms with Gasteiger partial charge in [-0.1, -0.05) is 86.6 Å². The van der Waals surface area contributed by atoms with E-state index >= 15 is 0 Å². The molecule has 1 N–H and O–H groups in total. The summed E-state index contributed by atoms with van der Waals surface area (Å²) in [5.74, 6) is 0.499. The topological polar surface area (TPSA) is 58.6 Å². The number of amides is 2. The second-order valence-corrected chi connectivity index (χ2v) is 9.19. The summed E-state index contributed by atoms with van der Waals surface area (Å²) in [7, 11) is 1.63. The van der Waals surface area contributed by atoms with Crippen LogP contribution in [0, 0.1) is 0 Å². The quantitative estimate of drug-likeness (QED) is 0.345. The zero-order chi connectivity index (χ0) is 25.9. The van der Waals surface area contributed by atoms with E-state index in [9.17, 15) is 9.59 Å². The molecule has 5 heteroatoms. The summed E-state index contributed by atoms with van der Waals surface area (Å²) in [5.41, 5.74) is 3.12. The lowest BCUT2D eigenvalue weighted by Crippen LogP contribution is -2.51. The van der Waals surface area contributed by atoms with Crippen LogP contribution in [0.4, 0.5) is 0 Å². The van der Waals surface area contributed by atoms with Crippen LogP contribution >= 0.6 is 0 Å². The normalized spacial score (nSPS) is 12.6. The minimum Gasteiger partial charge on any atom is -0.497 e. The lowest BCUT2D eigenvalue weighted by molar-refractivity contribution is -0.141. The smallest absolute Gasteiger partial charge is 0.243 e. The van der Waals surface area contributed by atoms with Gasteiger partial charge in [0.25, 0.3) is 0 Å². The van der Waals surface area contributed by atoms with Crippen molar-refractivity contribution >= 4 is 11.8 Å². The molecule has 0 aromatic heterocycles. The Morgan fingerprint density at radius 1 is 0.833 bits per heavy atom. The molecule has 2 amide bonds. The van der Waals surface area contributed by atoms with Gasteiger partial charge in [-0.2, -0.15) is 0 Å². The highest BCUT2D eigenvalue weighted by Gasteiger charge is 2.31. The van der Waals surface area contributed by atoms with Crippen molar-refractivity contribution in [2.45, 2.75) is 64.6 Å². The number of methoxy groups -OCH3 is 1. The monoisotopic (exact) mass is 486 g/mol. The van der Waals surface area contributed by atoms with Gasteiger partial charge in [0.15, 0.2) is 0 Å². The Morgan fingerprint density at radius 2 is 1.39 bits per heavy atom. The standard InChI is InChI=1S/C31H38N2O3/c1-5-23(3)32-31(35)29(6-2)33(22-24-17-19-27(36-4)20-18-24)30(34)21-28(25-13-9-7-10-14-25)26-15-11-8-12-16-26/h7-20,23,28-29H,5-6,21-22H2,1-4H3,(H,32,35)/t23-,29-/m1/s1. The van der Waals surface area contributed by atoms with Crippen molar-refractivity contribution in [1.82, 2.24) is 10.2 Å². The minimum absolute atomic E-state index is 0.0466. The third kappa shape index (κ3) is 7.20. The van der Waals surface area contributed by atoms with Crippen molar-refractivity contribution in [3.05, 3.63) is 102 Å². The van der Waals surface area contributed by atoms with Crippen LogP contribution in [0.15, 0.2) is 84.9 Å². The van der Waals surface area contributed by atoms with Crippen molar-refractivity contribution in [2.75, 3.05) is 7.11 Å². The van der Waals surface area contributed by atoms with Crippen molar-refractivity contribution in [1.29, 1.82) is 0 Å². The summed E-state index contributed by atoms with van der Waals surface area (Å²) in [4.78, 5) is 29.0. The summed E-state index contributed by atoms with van der Waals surface area (Å²) in [6.45, 7) is 6.34. The number of hydrogen-bond donors (Lipinski definition) is 1. The molecule has 0 heterocycles. The predicted molar refractivity (Wildman–Crippen MR) is 145 cm³/mol. The molecule has 0 bridgehead atoms. The number of hydrogen-bond acceptors (Lipinski definition) is 3. The van der Waals surface area contributed by atoms with Crippen LogP contribution in [0.1, 0.15) is 62.6 Å². The second-order valence-electron chi connectivity index (χ2n) is 9.19. The first-order valence-corrected chi connectivity index (χ1v) is 12.8. The van der Waals surface area contributed by atoms with Crippen molar-refractivity contribution < 1.29 is 14.3 Å². The van der Waals surface area contributed by atoms with E-state index in [1.807, 2.05) is 81.4 Å². The largest absolute Gasteiger partial charge is 0.497 e. The fourth-order valence-electron chi connectivity index (χ4n) is 4.38. The highest BCUT2D eigenvalue weighted by molar-refractivity contribution is 5.88. The molecule has 190 valence electrons. The molecule has 0 fully saturated rings. The van der Waals surface area contributed by atoms with Gasteiger partial charge in [0.2, 0.25) is 11.8 Å². The minimum atomic E-state index is -0.555. The molecule has 0 unspecified atom stereocenters. The Balaban J connectivity index is 1.94. The molecule has 0 saturated carbocycles. The van der Waals surface area contributed by atoms with Crippen LogP contribution in [-0.2, 0) is 16.1 Å². The fourth-order valence-corrected chi connectivity index (χ4v) is 4.38. The molecule has 0 aliphatic carbocycles. The lowest BCUT2D eigenvalue weighted by atomic mass is 9.88. The van der Waals surface area contributed by atoms with Gasteiger partial charge in [-0.3, -0.25) is 9.59 Å². The Hall–Kier alpha value is -3.60. The van der Waals surface area contributed by atoms with Gasteiger partial charge >= 0.3 is 0 Å². The number of carbonyl (C=O) groups excluding carboxylic acids is 2. The first-order chi connectivity index (χ1) is 17.5. The van der Waals surface area contributed by atoms with Gasteiger partial charge in [-0.05, 0) is 48.6 Å². The maximum absolute atomic E-state index is 14.0. The van der Waals surface area contributed by atoms with Crippen LogP contribution < -0.4 is 10.1 Å². The number of nitrogens with one attached hydrogen (secondary N) is 1. The maximum Gasteiger partial charge on any atom is 0.243 e. The summed E-state index contributed by atoms with van der Waals surface area (Å²) < 4.78 is 5.29. The predicted octanol–water partition coefficient (Wildman–Crippen LogP) is 5.94. The zero-order valence-corrected chi connectivity index (χ0v) is 21.8. The van der Waals surface area contributed by atoms with Gasteiger partial charge in [0.05, 0.1) is 7.11 Å². The van der Waals surface area contributed by atoms with E-state index < -0.39 is 6.04 Å². The van der Waals surface area contributed by atoms with E-state index in [-0.39, 0.29) is 30.2 Å². The van der Waals surface area contributed by atoms with Crippen LogP contribution in [-0.4, -0.2) is 35.9 Å². The Morgan fingerprint density at radius 3 is 1.86 bits per heavy atom. The van der Waals surface area contributed by atoms with E-state index in [1.54, 1.807) is 12.0 Å². The Bertz CT molecular complexity index is 1040. The number of rotatable bonds is 12. The van der Waals surface area contributed by atoms with E-state index in [4.69, 9.17) is 4.74 Å².